The van der Waals surface area contributed by atoms with Crippen molar-refractivity contribution in [3.63, 3.8) is 0 Å². The van der Waals surface area contributed by atoms with E-state index in [-0.39, 0.29) is 11.0 Å². The molecule has 0 unspecified atom stereocenters. The SMILES string of the molecule is CSc1ccc(/C=C2\C(=O)NC(=O)N(c3ccc(C45CC6CC(CC(C6)C4)C5)cc3)C2=O)cc1. The summed E-state index contributed by atoms with van der Waals surface area (Å²) >= 11 is 1.62. The third-order valence-electron chi connectivity index (χ3n) is 8.30. The van der Waals surface area contributed by atoms with Crippen LogP contribution in [0.15, 0.2) is 59.0 Å². The van der Waals surface area contributed by atoms with Gasteiger partial charge in [-0.05, 0) is 109 Å². The number of hydrogen-bond acceptors (Lipinski definition) is 4. The van der Waals surface area contributed by atoms with Gasteiger partial charge in [-0.2, -0.15) is 0 Å². The van der Waals surface area contributed by atoms with Crippen molar-refractivity contribution in [3.05, 3.63) is 65.2 Å². The highest BCUT2D eigenvalue weighted by atomic mass is 32.2. The van der Waals surface area contributed by atoms with Crippen LogP contribution in [-0.2, 0) is 15.0 Å². The fourth-order valence-corrected chi connectivity index (χ4v) is 7.60. The Hall–Kier alpha value is -2.86. The fourth-order valence-electron chi connectivity index (χ4n) is 7.19. The average Bonchev–Trinajstić information content (AvgIpc) is 2.81. The lowest BCUT2D eigenvalue weighted by Crippen LogP contribution is -2.54. The molecule has 0 aromatic heterocycles. The van der Waals surface area contributed by atoms with E-state index in [1.54, 1.807) is 17.8 Å². The van der Waals surface area contributed by atoms with Gasteiger partial charge in [-0.1, -0.05) is 24.3 Å². The van der Waals surface area contributed by atoms with E-state index in [1.807, 2.05) is 42.7 Å². The number of nitrogens with one attached hydrogen (secondary N) is 1. The monoisotopic (exact) mass is 472 g/mol. The molecule has 6 heteroatoms. The number of anilines is 1. The summed E-state index contributed by atoms with van der Waals surface area (Å²) in [4.78, 5) is 40.6. The van der Waals surface area contributed by atoms with E-state index in [0.29, 0.717) is 5.69 Å². The number of thioether (sulfide) groups is 1. The lowest BCUT2D eigenvalue weighted by Gasteiger charge is -2.57. The van der Waals surface area contributed by atoms with Crippen LogP contribution in [-0.4, -0.2) is 24.1 Å². The van der Waals surface area contributed by atoms with Crippen molar-refractivity contribution < 1.29 is 14.4 Å². The highest BCUT2D eigenvalue weighted by molar-refractivity contribution is 7.98. The van der Waals surface area contributed by atoms with Gasteiger partial charge in [-0.25, -0.2) is 9.69 Å². The molecule has 5 nitrogen and oxygen atoms in total. The number of nitrogens with zero attached hydrogens (tertiary/aromatic N) is 1. The second kappa shape index (κ2) is 8.12. The van der Waals surface area contributed by atoms with Crippen molar-refractivity contribution in [1.82, 2.24) is 5.32 Å². The van der Waals surface area contributed by atoms with E-state index < -0.39 is 17.8 Å². The molecule has 4 amide bonds. The normalized spacial score (nSPS) is 31.3. The summed E-state index contributed by atoms with van der Waals surface area (Å²) in [6.07, 6.45) is 11.5. The van der Waals surface area contributed by atoms with Crippen LogP contribution in [0.1, 0.15) is 49.7 Å². The van der Waals surface area contributed by atoms with Crippen LogP contribution in [0.4, 0.5) is 10.5 Å². The standard InChI is InChI=1S/C28H28N2O3S/c1-34-23-8-2-17(3-9-23)13-24-25(31)29-27(33)30(26(24)32)22-6-4-21(5-7-22)28-14-18-10-19(15-28)12-20(11-18)16-28/h2-9,13,18-20H,10-12,14-16H2,1H3,(H,29,31,33)/b24-13+. The van der Waals surface area contributed by atoms with Gasteiger partial charge in [0.1, 0.15) is 5.57 Å². The summed E-state index contributed by atoms with van der Waals surface area (Å²) in [7, 11) is 0. The van der Waals surface area contributed by atoms with Crippen LogP contribution in [0.25, 0.3) is 6.08 Å². The molecule has 4 bridgehead atoms. The number of urea groups is 1. The van der Waals surface area contributed by atoms with Crippen LogP contribution in [0, 0.1) is 17.8 Å². The molecule has 1 heterocycles. The summed E-state index contributed by atoms with van der Waals surface area (Å²) in [5.41, 5.74) is 2.78. The first-order valence-corrected chi connectivity index (χ1v) is 13.3. The Bertz CT molecular complexity index is 1160. The van der Waals surface area contributed by atoms with Crippen LogP contribution in [0.5, 0.6) is 0 Å². The molecule has 7 rings (SSSR count). The summed E-state index contributed by atoms with van der Waals surface area (Å²) in [6, 6.07) is 14.8. The number of carbonyl (C=O) groups is 3. The average molecular weight is 473 g/mol. The predicted octanol–water partition coefficient (Wildman–Crippen LogP) is 5.54. The van der Waals surface area contributed by atoms with Gasteiger partial charge in [0.25, 0.3) is 11.8 Å². The third-order valence-corrected chi connectivity index (χ3v) is 9.05. The molecule has 2 aromatic carbocycles. The molecule has 4 saturated carbocycles. The van der Waals surface area contributed by atoms with Gasteiger partial charge >= 0.3 is 6.03 Å². The lowest BCUT2D eigenvalue weighted by atomic mass is 9.48. The molecule has 34 heavy (non-hydrogen) atoms. The molecule has 5 aliphatic rings. The van der Waals surface area contributed by atoms with E-state index >= 15 is 0 Å². The Morgan fingerprint density at radius 1 is 0.882 bits per heavy atom. The van der Waals surface area contributed by atoms with E-state index in [1.165, 1.54) is 44.1 Å². The largest absolute Gasteiger partial charge is 0.335 e. The molecule has 1 N–H and O–H groups in total. The molecule has 5 fully saturated rings. The topological polar surface area (TPSA) is 66.5 Å². The van der Waals surface area contributed by atoms with E-state index in [0.717, 1.165) is 33.1 Å². The van der Waals surface area contributed by atoms with E-state index in [4.69, 9.17) is 0 Å². The van der Waals surface area contributed by atoms with Crippen molar-refractivity contribution in [2.75, 3.05) is 11.2 Å². The van der Waals surface area contributed by atoms with Crippen LogP contribution >= 0.6 is 11.8 Å². The molecule has 0 radical (unpaired) electrons. The van der Waals surface area contributed by atoms with Crippen LogP contribution in [0.2, 0.25) is 0 Å². The number of hydrogen-bond donors (Lipinski definition) is 1. The van der Waals surface area contributed by atoms with Crippen molar-refractivity contribution >= 4 is 41.4 Å². The first-order valence-electron chi connectivity index (χ1n) is 12.1. The minimum Gasteiger partial charge on any atom is -0.273 e. The van der Waals surface area contributed by atoms with Gasteiger partial charge in [0.05, 0.1) is 5.69 Å². The minimum atomic E-state index is -0.701. The quantitative estimate of drug-likeness (QED) is 0.360. The molecule has 0 atom stereocenters. The Labute approximate surface area is 204 Å². The van der Waals surface area contributed by atoms with Crippen molar-refractivity contribution in [2.45, 2.75) is 48.8 Å². The van der Waals surface area contributed by atoms with Gasteiger partial charge in [0, 0.05) is 4.90 Å². The van der Waals surface area contributed by atoms with Crippen molar-refractivity contribution in [2.24, 2.45) is 17.8 Å². The smallest absolute Gasteiger partial charge is 0.273 e. The summed E-state index contributed by atoms with van der Waals surface area (Å²) in [6.45, 7) is 0. The Morgan fingerprint density at radius 3 is 2.03 bits per heavy atom. The highest BCUT2D eigenvalue weighted by Gasteiger charge is 2.51. The zero-order chi connectivity index (χ0) is 23.4. The maximum Gasteiger partial charge on any atom is 0.335 e. The molecular weight excluding hydrogens is 444 g/mol. The van der Waals surface area contributed by atoms with Crippen molar-refractivity contribution in [1.29, 1.82) is 0 Å². The first-order chi connectivity index (χ1) is 16.4. The highest BCUT2D eigenvalue weighted by Crippen LogP contribution is 2.60. The maximum atomic E-state index is 13.3. The number of benzene rings is 2. The van der Waals surface area contributed by atoms with Crippen LogP contribution in [0.3, 0.4) is 0 Å². The maximum absolute atomic E-state index is 13.3. The molecule has 174 valence electrons. The molecule has 1 aliphatic heterocycles. The fraction of sp³-hybridized carbons (Fsp3) is 0.393. The molecule has 4 aliphatic carbocycles. The Kier molecular flexibility index (Phi) is 5.17. The van der Waals surface area contributed by atoms with Gasteiger partial charge in [0.15, 0.2) is 0 Å². The van der Waals surface area contributed by atoms with Gasteiger partial charge in [-0.15, -0.1) is 11.8 Å². The number of carbonyl (C=O) groups excluding carboxylic acids is 3. The van der Waals surface area contributed by atoms with E-state index in [9.17, 15) is 14.4 Å². The lowest BCUT2D eigenvalue weighted by molar-refractivity contribution is -0.122. The summed E-state index contributed by atoms with van der Waals surface area (Å²) < 4.78 is 0. The third kappa shape index (κ3) is 3.59. The first kappa shape index (κ1) is 21.7. The number of rotatable bonds is 4. The zero-order valence-electron chi connectivity index (χ0n) is 19.3. The van der Waals surface area contributed by atoms with Gasteiger partial charge < -0.3 is 0 Å². The second-order valence-electron chi connectivity index (χ2n) is 10.5. The second-order valence-corrected chi connectivity index (χ2v) is 11.4. The molecular formula is C28H28N2O3S. The number of imide groups is 2. The minimum absolute atomic E-state index is 0.0401. The summed E-state index contributed by atoms with van der Waals surface area (Å²) in [5.74, 6) is 1.30. The predicted molar refractivity (Wildman–Crippen MR) is 134 cm³/mol. The zero-order valence-corrected chi connectivity index (χ0v) is 20.1. The van der Waals surface area contributed by atoms with Crippen molar-refractivity contribution in [3.8, 4) is 0 Å². The Morgan fingerprint density at radius 2 is 1.47 bits per heavy atom. The van der Waals surface area contributed by atoms with E-state index in [2.05, 4.69) is 17.4 Å². The van der Waals surface area contributed by atoms with Gasteiger partial charge in [0.2, 0.25) is 0 Å². The number of amides is 4. The number of barbiturate groups is 1. The Balaban J connectivity index is 1.28. The van der Waals surface area contributed by atoms with Crippen LogP contribution < -0.4 is 10.2 Å². The molecule has 2 aromatic rings. The molecule has 0 spiro atoms. The summed E-state index contributed by atoms with van der Waals surface area (Å²) in [5, 5.41) is 2.33. The van der Waals surface area contributed by atoms with Gasteiger partial charge in [-0.3, -0.25) is 14.9 Å². The molecule has 1 saturated heterocycles.